The maximum absolute atomic E-state index is 11.6. The molecule has 6 heteroatoms. The SMILES string of the molecule is Cc1cc(-c2c(-c3ccc4c(c3)oc3ccccc34)c3ccccc3n2-c2ccccc2)cc(-c2[c-]c(-c3cc(-c4ccccc4)cc(-c4ccc5ccccc5c4O)n3)ccc2)n1.[Pt]. The van der Waals surface area contributed by atoms with E-state index < -0.39 is 0 Å². The third-order valence-electron chi connectivity index (χ3n) is 12.2. The minimum atomic E-state index is 0. The van der Waals surface area contributed by atoms with E-state index in [1.54, 1.807) is 0 Å². The van der Waals surface area contributed by atoms with E-state index in [0.717, 1.165) is 111 Å². The Balaban J connectivity index is 0.00000469. The maximum atomic E-state index is 11.6. The van der Waals surface area contributed by atoms with Crippen LogP contribution in [-0.4, -0.2) is 19.6 Å². The Kier molecular flexibility index (Phi) is 10.1. The summed E-state index contributed by atoms with van der Waals surface area (Å²) in [6.45, 7) is 2.06. The van der Waals surface area contributed by atoms with Crippen molar-refractivity contribution in [3.63, 3.8) is 0 Å². The topological polar surface area (TPSA) is 64.1 Å². The molecule has 0 aliphatic carbocycles. The van der Waals surface area contributed by atoms with E-state index in [2.05, 4.69) is 145 Å². The molecule has 0 saturated carbocycles. The smallest absolute Gasteiger partial charge is 0.136 e. The molecule has 0 fully saturated rings. The molecule has 0 saturated heterocycles. The number of aromatic nitrogens is 3. The summed E-state index contributed by atoms with van der Waals surface area (Å²) < 4.78 is 8.83. The summed E-state index contributed by atoms with van der Waals surface area (Å²) in [5.41, 5.74) is 15.6. The van der Waals surface area contributed by atoms with E-state index in [9.17, 15) is 5.11 Å². The van der Waals surface area contributed by atoms with Crippen molar-refractivity contribution in [2.45, 2.75) is 6.92 Å². The van der Waals surface area contributed by atoms with Crippen LogP contribution < -0.4 is 0 Å². The number of hydrogen-bond acceptors (Lipinski definition) is 4. The second kappa shape index (κ2) is 16.4. The minimum Gasteiger partial charge on any atom is -0.507 e. The molecule has 0 unspecified atom stereocenters. The number of aromatic hydroxyl groups is 1. The number of aryl methyl sites for hydroxylation is 1. The number of phenols is 1. The third-order valence-corrected chi connectivity index (χ3v) is 12.2. The second-order valence-corrected chi connectivity index (χ2v) is 16.3. The first-order valence-corrected chi connectivity index (χ1v) is 21.5. The first kappa shape index (κ1) is 40.0. The van der Waals surface area contributed by atoms with Crippen LogP contribution in [-0.2, 0) is 21.1 Å². The van der Waals surface area contributed by atoms with Gasteiger partial charge in [0.05, 0.1) is 16.9 Å². The van der Waals surface area contributed by atoms with Crippen molar-refractivity contribution in [2.75, 3.05) is 0 Å². The van der Waals surface area contributed by atoms with Gasteiger partial charge in [0.1, 0.15) is 16.9 Å². The van der Waals surface area contributed by atoms with Crippen molar-refractivity contribution in [1.29, 1.82) is 0 Å². The van der Waals surface area contributed by atoms with E-state index in [-0.39, 0.29) is 26.8 Å². The van der Waals surface area contributed by atoms with Crippen LogP contribution >= 0.6 is 0 Å². The average molecular weight is 1020 g/mol. The molecular weight excluding hydrogens is 978 g/mol. The Morgan fingerprint density at radius 1 is 0.477 bits per heavy atom. The Hall–Kier alpha value is -7.85. The summed E-state index contributed by atoms with van der Waals surface area (Å²) in [5.74, 6) is 0.209. The van der Waals surface area contributed by atoms with Crippen molar-refractivity contribution in [3.8, 4) is 78.7 Å². The molecule has 0 amide bonds. The molecule has 312 valence electrons. The number of benzene rings is 8. The van der Waals surface area contributed by atoms with Crippen LogP contribution in [0.4, 0.5) is 0 Å². The Morgan fingerprint density at radius 3 is 1.94 bits per heavy atom. The van der Waals surface area contributed by atoms with Crippen LogP contribution in [0.1, 0.15) is 5.69 Å². The van der Waals surface area contributed by atoms with Crippen LogP contribution in [0, 0.1) is 13.0 Å². The monoisotopic (exact) mass is 1020 g/mol. The summed E-state index contributed by atoms with van der Waals surface area (Å²) in [5, 5.41) is 16.7. The minimum absolute atomic E-state index is 0. The fourth-order valence-electron chi connectivity index (χ4n) is 9.31. The molecule has 0 radical (unpaired) electrons. The van der Waals surface area contributed by atoms with Crippen molar-refractivity contribution >= 4 is 43.6 Å². The zero-order chi connectivity index (χ0) is 42.7. The molecule has 8 aromatic carbocycles. The van der Waals surface area contributed by atoms with Gasteiger partial charge in [-0.05, 0) is 89.2 Å². The van der Waals surface area contributed by atoms with Gasteiger partial charge in [0.2, 0.25) is 0 Å². The van der Waals surface area contributed by atoms with E-state index in [1.165, 1.54) is 0 Å². The van der Waals surface area contributed by atoms with Gasteiger partial charge in [-0.25, -0.2) is 0 Å². The largest absolute Gasteiger partial charge is 0.507 e. The van der Waals surface area contributed by atoms with E-state index >= 15 is 0 Å². The van der Waals surface area contributed by atoms with Crippen molar-refractivity contribution in [3.05, 3.63) is 218 Å². The molecule has 5 nitrogen and oxygen atoms in total. The number of pyridine rings is 2. The van der Waals surface area contributed by atoms with Crippen LogP contribution in [0.25, 0.3) is 117 Å². The number of phenolic OH excluding ortho intramolecular Hbond substituents is 1. The molecular formula is C59H38N3O2Pt-. The van der Waals surface area contributed by atoms with Crippen molar-refractivity contribution < 1.29 is 30.6 Å². The summed E-state index contributed by atoms with van der Waals surface area (Å²) in [7, 11) is 0. The fraction of sp³-hybridized carbons (Fsp3) is 0.0169. The zero-order valence-corrected chi connectivity index (χ0v) is 37.4. The molecule has 65 heavy (non-hydrogen) atoms. The van der Waals surface area contributed by atoms with E-state index in [1.807, 2.05) is 78.9 Å². The van der Waals surface area contributed by atoms with Crippen molar-refractivity contribution in [1.82, 2.24) is 14.5 Å². The predicted octanol–water partition coefficient (Wildman–Crippen LogP) is 15.3. The quantitative estimate of drug-likeness (QED) is 0.162. The summed E-state index contributed by atoms with van der Waals surface area (Å²) in [6.07, 6.45) is 0. The number of fused-ring (bicyclic) bond motifs is 5. The molecule has 0 atom stereocenters. The molecule has 12 rings (SSSR count). The Bertz CT molecular complexity index is 3760. The molecule has 4 heterocycles. The molecule has 12 aromatic rings. The number of hydrogen-bond donors (Lipinski definition) is 1. The first-order valence-electron chi connectivity index (χ1n) is 21.5. The van der Waals surface area contributed by atoms with E-state index in [0.29, 0.717) is 11.3 Å². The number of para-hydroxylation sites is 3. The summed E-state index contributed by atoms with van der Waals surface area (Å²) in [4.78, 5) is 10.4. The van der Waals surface area contributed by atoms with Crippen LogP contribution in [0.2, 0.25) is 0 Å². The first-order chi connectivity index (χ1) is 31.5. The van der Waals surface area contributed by atoms with Crippen molar-refractivity contribution in [2.24, 2.45) is 0 Å². The van der Waals surface area contributed by atoms with Crippen LogP contribution in [0.3, 0.4) is 0 Å². The predicted molar refractivity (Wildman–Crippen MR) is 262 cm³/mol. The van der Waals surface area contributed by atoms with Gasteiger partial charge in [-0.1, -0.05) is 145 Å². The van der Waals surface area contributed by atoms with Gasteiger partial charge >= 0.3 is 0 Å². The molecule has 0 aliphatic heterocycles. The van der Waals surface area contributed by atoms with Gasteiger partial charge in [-0.15, -0.1) is 24.3 Å². The zero-order valence-electron chi connectivity index (χ0n) is 35.1. The Morgan fingerprint density at radius 2 is 1.12 bits per heavy atom. The summed E-state index contributed by atoms with van der Waals surface area (Å²) >= 11 is 0. The molecule has 1 N–H and O–H groups in total. The number of nitrogens with zero attached hydrogens (tertiary/aromatic N) is 3. The number of furan rings is 1. The van der Waals surface area contributed by atoms with Crippen LogP contribution in [0.5, 0.6) is 5.75 Å². The van der Waals surface area contributed by atoms with Gasteiger partial charge in [-0.3, -0.25) is 9.97 Å². The second-order valence-electron chi connectivity index (χ2n) is 16.3. The molecule has 0 aliphatic rings. The maximum Gasteiger partial charge on any atom is 0.136 e. The van der Waals surface area contributed by atoms with Gasteiger partial charge < -0.3 is 14.1 Å². The summed E-state index contributed by atoms with van der Waals surface area (Å²) in [6, 6.07) is 74.5. The van der Waals surface area contributed by atoms with Gasteiger partial charge in [0.25, 0.3) is 0 Å². The standard InChI is InChI=1S/C59H38N3O2.Pt/c1-37-31-44(58-57(42-28-29-48-47-23-11-13-26-55(47)64-56(48)36-42)50-24-10-12-25-54(50)62(58)45-20-6-3-7-21-45)35-51(60-37)40-18-14-19-41(32-40)52-33-43(38-15-4-2-5-16-38)34-53(61-52)49-30-27-39-17-8-9-22-46(39)59(49)63;/h2-31,33-36,63H,1H3;/q-1;. The average Bonchev–Trinajstić information content (AvgIpc) is 3.90. The van der Waals surface area contributed by atoms with E-state index in [4.69, 9.17) is 14.4 Å². The third kappa shape index (κ3) is 7.02. The molecule has 0 bridgehead atoms. The van der Waals surface area contributed by atoms with Crippen LogP contribution in [0.15, 0.2) is 211 Å². The fourth-order valence-corrected chi connectivity index (χ4v) is 9.31. The molecule has 4 aromatic heterocycles. The van der Waals surface area contributed by atoms with Gasteiger partial charge in [-0.2, -0.15) is 0 Å². The van der Waals surface area contributed by atoms with Gasteiger partial charge in [0, 0.05) is 76.5 Å². The Labute approximate surface area is 390 Å². The normalized spacial score (nSPS) is 11.4. The molecule has 0 spiro atoms. The van der Waals surface area contributed by atoms with Gasteiger partial charge in [0.15, 0.2) is 0 Å². The number of rotatable bonds is 7.